The zero-order valence-electron chi connectivity index (χ0n) is 14.5. The number of hydrogen-bond acceptors (Lipinski definition) is 4. The van der Waals surface area contributed by atoms with Crippen LogP contribution in [-0.2, 0) is 6.42 Å². The van der Waals surface area contributed by atoms with Gasteiger partial charge < -0.3 is 15.2 Å². The summed E-state index contributed by atoms with van der Waals surface area (Å²) in [4.78, 5) is 4.46. The molecular formula is C21H22N2O2. The third-order valence-electron chi connectivity index (χ3n) is 4.25. The molecule has 0 saturated carbocycles. The lowest BCUT2D eigenvalue weighted by Gasteiger charge is -2.19. The van der Waals surface area contributed by atoms with Gasteiger partial charge in [-0.05, 0) is 35.4 Å². The molecule has 0 aliphatic heterocycles. The first-order chi connectivity index (χ1) is 12.2. The number of nitrogens with zero attached hydrogens (tertiary/aromatic N) is 1. The lowest BCUT2D eigenvalue weighted by Crippen LogP contribution is -2.08. The van der Waals surface area contributed by atoms with E-state index in [0.29, 0.717) is 5.82 Å². The van der Waals surface area contributed by atoms with Crippen LogP contribution >= 0.6 is 0 Å². The largest absolute Gasteiger partial charge is 0.493 e. The molecule has 2 aromatic carbocycles. The number of methoxy groups -OCH3 is 2. The van der Waals surface area contributed by atoms with Crippen molar-refractivity contribution in [2.75, 3.05) is 20.0 Å². The first-order valence-corrected chi connectivity index (χ1v) is 8.19. The number of ether oxygens (including phenoxy) is 2. The zero-order chi connectivity index (χ0) is 17.6. The lowest BCUT2D eigenvalue weighted by molar-refractivity contribution is 0.354. The van der Waals surface area contributed by atoms with E-state index in [1.165, 1.54) is 5.56 Å². The Balaban J connectivity index is 2.02. The van der Waals surface area contributed by atoms with Gasteiger partial charge in [-0.15, -0.1) is 0 Å². The van der Waals surface area contributed by atoms with Gasteiger partial charge in [-0.25, -0.2) is 4.98 Å². The van der Waals surface area contributed by atoms with Crippen molar-refractivity contribution in [3.05, 3.63) is 83.6 Å². The fraction of sp³-hybridized carbons (Fsp3) is 0.190. The Morgan fingerprint density at radius 3 is 2.28 bits per heavy atom. The Kier molecular flexibility index (Phi) is 5.19. The van der Waals surface area contributed by atoms with E-state index in [2.05, 4.69) is 35.3 Å². The normalized spacial score (nSPS) is 11.8. The van der Waals surface area contributed by atoms with Crippen LogP contribution in [0.25, 0.3) is 0 Å². The van der Waals surface area contributed by atoms with E-state index in [4.69, 9.17) is 15.2 Å². The lowest BCUT2D eigenvalue weighted by atomic mass is 9.87. The second-order valence-corrected chi connectivity index (χ2v) is 5.84. The molecule has 0 amide bonds. The quantitative estimate of drug-likeness (QED) is 0.739. The molecule has 25 heavy (non-hydrogen) atoms. The minimum absolute atomic E-state index is 0.148. The number of aromatic nitrogens is 1. The summed E-state index contributed by atoms with van der Waals surface area (Å²) in [6, 6.07) is 22.2. The second kappa shape index (κ2) is 7.71. The van der Waals surface area contributed by atoms with Crippen molar-refractivity contribution in [2.45, 2.75) is 12.3 Å². The number of nitrogens with two attached hydrogens (primary N) is 1. The molecular weight excluding hydrogens is 312 g/mol. The molecule has 3 rings (SSSR count). The smallest absolute Gasteiger partial charge is 0.161 e. The summed E-state index contributed by atoms with van der Waals surface area (Å²) in [6.07, 6.45) is 0.755. The topological polar surface area (TPSA) is 57.4 Å². The monoisotopic (exact) mass is 334 g/mol. The van der Waals surface area contributed by atoms with Crippen molar-refractivity contribution >= 4 is 5.82 Å². The minimum Gasteiger partial charge on any atom is -0.493 e. The van der Waals surface area contributed by atoms with Gasteiger partial charge in [0.15, 0.2) is 11.5 Å². The van der Waals surface area contributed by atoms with Crippen molar-refractivity contribution in [2.24, 2.45) is 0 Å². The van der Waals surface area contributed by atoms with E-state index >= 15 is 0 Å². The minimum atomic E-state index is 0.148. The molecule has 128 valence electrons. The van der Waals surface area contributed by atoms with E-state index in [1.54, 1.807) is 20.3 Å². The van der Waals surface area contributed by atoms with Crippen LogP contribution in [0.5, 0.6) is 11.5 Å². The standard InChI is InChI=1S/C21H22N2O2/c1-24-19-12-11-16(13-20(19)25-2)18(15-7-4-3-5-8-15)14-17-9-6-10-21(22)23-17/h3-13,18H,14H2,1-2H3,(H2,22,23). The Hall–Kier alpha value is -3.01. The van der Waals surface area contributed by atoms with E-state index in [9.17, 15) is 0 Å². The molecule has 1 atom stereocenters. The summed E-state index contributed by atoms with van der Waals surface area (Å²) < 4.78 is 10.8. The fourth-order valence-electron chi connectivity index (χ4n) is 3.00. The summed E-state index contributed by atoms with van der Waals surface area (Å²) in [6.45, 7) is 0. The summed E-state index contributed by atoms with van der Waals surface area (Å²) in [5.41, 5.74) is 9.18. The van der Waals surface area contributed by atoms with Gasteiger partial charge in [0.05, 0.1) is 14.2 Å². The van der Waals surface area contributed by atoms with Crippen molar-refractivity contribution in [3.63, 3.8) is 0 Å². The summed E-state index contributed by atoms with van der Waals surface area (Å²) >= 11 is 0. The average molecular weight is 334 g/mol. The van der Waals surface area contributed by atoms with Gasteiger partial charge in [0.25, 0.3) is 0 Å². The maximum absolute atomic E-state index is 5.85. The number of benzene rings is 2. The van der Waals surface area contributed by atoms with Gasteiger partial charge in [0, 0.05) is 18.0 Å². The van der Waals surface area contributed by atoms with Crippen molar-refractivity contribution < 1.29 is 9.47 Å². The van der Waals surface area contributed by atoms with Crippen LogP contribution in [0.3, 0.4) is 0 Å². The first kappa shape index (κ1) is 16.8. The van der Waals surface area contributed by atoms with Gasteiger partial charge in [-0.2, -0.15) is 0 Å². The fourth-order valence-corrected chi connectivity index (χ4v) is 3.00. The molecule has 2 N–H and O–H groups in total. The van der Waals surface area contributed by atoms with Gasteiger partial charge in [0.1, 0.15) is 5.82 Å². The van der Waals surface area contributed by atoms with Crippen LogP contribution < -0.4 is 15.2 Å². The number of anilines is 1. The summed E-state index contributed by atoms with van der Waals surface area (Å²) in [7, 11) is 3.29. The van der Waals surface area contributed by atoms with Crippen LogP contribution in [-0.4, -0.2) is 19.2 Å². The molecule has 4 heteroatoms. The number of rotatable bonds is 6. The van der Waals surface area contributed by atoms with Gasteiger partial charge in [-0.1, -0.05) is 42.5 Å². The van der Waals surface area contributed by atoms with Crippen LogP contribution in [0.2, 0.25) is 0 Å². The molecule has 0 saturated heterocycles. The SMILES string of the molecule is COc1ccc(C(Cc2cccc(N)n2)c2ccccc2)cc1OC. The molecule has 1 heterocycles. The highest BCUT2D eigenvalue weighted by Gasteiger charge is 2.18. The molecule has 1 unspecified atom stereocenters. The Morgan fingerprint density at radius 1 is 0.840 bits per heavy atom. The summed E-state index contributed by atoms with van der Waals surface area (Å²) in [5.74, 6) is 2.13. The Morgan fingerprint density at radius 2 is 1.60 bits per heavy atom. The number of hydrogen-bond donors (Lipinski definition) is 1. The third kappa shape index (κ3) is 3.91. The van der Waals surface area contributed by atoms with Crippen LogP contribution in [0.1, 0.15) is 22.7 Å². The average Bonchev–Trinajstić information content (AvgIpc) is 2.66. The second-order valence-electron chi connectivity index (χ2n) is 5.84. The Bertz CT molecular complexity index is 834. The highest BCUT2D eigenvalue weighted by atomic mass is 16.5. The van der Waals surface area contributed by atoms with E-state index < -0.39 is 0 Å². The molecule has 0 aliphatic carbocycles. The number of nitrogen functional groups attached to an aromatic ring is 1. The Labute approximate surface area is 148 Å². The molecule has 4 nitrogen and oxygen atoms in total. The first-order valence-electron chi connectivity index (χ1n) is 8.19. The molecule has 0 aliphatic rings. The predicted octanol–water partition coefficient (Wildman–Crippen LogP) is 4.06. The molecule has 0 bridgehead atoms. The van der Waals surface area contributed by atoms with Crippen molar-refractivity contribution in [1.82, 2.24) is 4.98 Å². The summed E-state index contributed by atoms with van der Waals surface area (Å²) in [5, 5.41) is 0. The molecule has 0 fully saturated rings. The third-order valence-corrected chi connectivity index (χ3v) is 4.25. The maximum Gasteiger partial charge on any atom is 0.161 e. The number of pyridine rings is 1. The molecule has 0 radical (unpaired) electrons. The van der Waals surface area contributed by atoms with E-state index in [1.807, 2.05) is 30.3 Å². The van der Waals surface area contributed by atoms with Crippen molar-refractivity contribution in [3.8, 4) is 11.5 Å². The predicted molar refractivity (Wildman–Crippen MR) is 100 cm³/mol. The molecule has 1 aromatic heterocycles. The molecule has 0 spiro atoms. The highest BCUT2D eigenvalue weighted by Crippen LogP contribution is 2.34. The van der Waals surface area contributed by atoms with Crippen LogP contribution in [0.4, 0.5) is 5.82 Å². The van der Waals surface area contributed by atoms with Crippen LogP contribution in [0.15, 0.2) is 66.7 Å². The van der Waals surface area contributed by atoms with Gasteiger partial charge in [-0.3, -0.25) is 0 Å². The van der Waals surface area contributed by atoms with Gasteiger partial charge >= 0.3 is 0 Å². The van der Waals surface area contributed by atoms with E-state index in [-0.39, 0.29) is 5.92 Å². The maximum atomic E-state index is 5.85. The van der Waals surface area contributed by atoms with Crippen molar-refractivity contribution in [1.29, 1.82) is 0 Å². The highest BCUT2D eigenvalue weighted by molar-refractivity contribution is 5.46. The zero-order valence-corrected chi connectivity index (χ0v) is 14.5. The molecule has 3 aromatic rings. The van der Waals surface area contributed by atoms with Crippen LogP contribution in [0, 0.1) is 0 Å². The van der Waals surface area contributed by atoms with E-state index in [0.717, 1.165) is 29.2 Å². The van der Waals surface area contributed by atoms with Gasteiger partial charge in [0.2, 0.25) is 0 Å².